The van der Waals surface area contributed by atoms with E-state index in [0.717, 1.165) is 0 Å². The third-order valence-corrected chi connectivity index (χ3v) is 3.87. The Morgan fingerprint density at radius 1 is 1.52 bits per heavy atom. The molecule has 2 aromatic heterocycles. The summed E-state index contributed by atoms with van der Waals surface area (Å²) in [5.41, 5.74) is 1.17. The molecule has 3 rings (SSSR count). The standard InChI is InChI=1S/C13H17ClN4O3/c1-3-20-11-9-10(15-6-16-11)18(7-17-9)12-13(2,14)4-8(5-19)21-12/h6-8,12,19H,3-5H2,1-2H3. The number of aliphatic hydroxyl groups is 1. The number of fused-ring (bicyclic) bond motifs is 1. The van der Waals surface area contributed by atoms with Gasteiger partial charge in [0.25, 0.3) is 0 Å². The van der Waals surface area contributed by atoms with Crippen LogP contribution < -0.4 is 4.74 Å². The molecule has 1 fully saturated rings. The molecule has 0 amide bonds. The molecule has 2 aromatic rings. The van der Waals surface area contributed by atoms with Crippen LogP contribution >= 0.6 is 11.6 Å². The van der Waals surface area contributed by atoms with Crippen molar-refractivity contribution >= 4 is 22.8 Å². The zero-order valence-electron chi connectivity index (χ0n) is 11.9. The maximum absolute atomic E-state index is 9.29. The molecule has 1 aliphatic rings. The zero-order chi connectivity index (χ0) is 15.0. The first-order valence-electron chi connectivity index (χ1n) is 6.82. The van der Waals surface area contributed by atoms with E-state index >= 15 is 0 Å². The van der Waals surface area contributed by atoms with Crippen LogP contribution in [-0.4, -0.2) is 48.8 Å². The predicted octanol–water partition coefficient (Wildman–Crippen LogP) is 1.50. The molecule has 8 heteroatoms. The highest BCUT2D eigenvalue weighted by atomic mass is 35.5. The molecule has 3 heterocycles. The number of imidazole rings is 1. The minimum Gasteiger partial charge on any atom is -0.476 e. The summed E-state index contributed by atoms with van der Waals surface area (Å²) in [5.74, 6) is 0.439. The monoisotopic (exact) mass is 312 g/mol. The number of halogens is 1. The van der Waals surface area contributed by atoms with Crippen molar-refractivity contribution in [1.82, 2.24) is 19.5 Å². The highest BCUT2D eigenvalue weighted by Gasteiger charge is 2.45. The van der Waals surface area contributed by atoms with E-state index in [1.54, 1.807) is 10.9 Å². The van der Waals surface area contributed by atoms with E-state index < -0.39 is 11.1 Å². The molecule has 0 spiro atoms. The smallest absolute Gasteiger partial charge is 0.245 e. The van der Waals surface area contributed by atoms with Gasteiger partial charge in [0.1, 0.15) is 6.33 Å². The molecular weight excluding hydrogens is 296 g/mol. The van der Waals surface area contributed by atoms with Gasteiger partial charge >= 0.3 is 0 Å². The highest BCUT2D eigenvalue weighted by molar-refractivity contribution is 6.24. The lowest BCUT2D eigenvalue weighted by Gasteiger charge is -2.23. The van der Waals surface area contributed by atoms with Crippen molar-refractivity contribution in [3.8, 4) is 5.88 Å². The SMILES string of the molecule is CCOc1ncnc2c1ncn2C1OC(CO)CC1(C)Cl. The molecule has 0 aliphatic carbocycles. The van der Waals surface area contributed by atoms with Crippen LogP contribution in [0.15, 0.2) is 12.7 Å². The summed E-state index contributed by atoms with van der Waals surface area (Å²) in [6, 6.07) is 0. The topological polar surface area (TPSA) is 82.3 Å². The maximum Gasteiger partial charge on any atom is 0.245 e. The zero-order valence-corrected chi connectivity index (χ0v) is 12.6. The molecule has 1 N–H and O–H groups in total. The van der Waals surface area contributed by atoms with E-state index in [1.165, 1.54) is 6.33 Å². The second kappa shape index (κ2) is 5.40. The van der Waals surface area contributed by atoms with Crippen LogP contribution in [0.25, 0.3) is 11.2 Å². The summed E-state index contributed by atoms with van der Waals surface area (Å²) in [4.78, 5) is 12.0. The number of hydrogen-bond donors (Lipinski definition) is 1. The average Bonchev–Trinajstić information content (AvgIpc) is 3.00. The first-order valence-corrected chi connectivity index (χ1v) is 7.20. The van der Waals surface area contributed by atoms with Gasteiger partial charge in [-0.25, -0.2) is 9.97 Å². The fourth-order valence-corrected chi connectivity index (χ4v) is 2.95. The van der Waals surface area contributed by atoms with Gasteiger partial charge < -0.3 is 14.6 Å². The lowest BCUT2D eigenvalue weighted by molar-refractivity contribution is -0.0264. The summed E-state index contributed by atoms with van der Waals surface area (Å²) in [6.45, 7) is 4.20. The summed E-state index contributed by atoms with van der Waals surface area (Å²) >= 11 is 6.54. The van der Waals surface area contributed by atoms with Crippen LogP contribution in [0.3, 0.4) is 0 Å². The van der Waals surface area contributed by atoms with Gasteiger partial charge in [0.15, 0.2) is 17.4 Å². The van der Waals surface area contributed by atoms with E-state index in [9.17, 15) is 5.11 Å². The fourth-order valence-electron chi connectivity index (χ4n) is 2.63. The van der Waals surface area contributed by atoms with E-state index in [4.69, 9.17) is 21.1 Å². The minimum atomic E-state index is -0.641. The van der Waals surface area contributed by atoms with Crippen LogP contribution in [-0.2, 0) is 4.74 Å². The van der Waals surface area contributed by atoms with Gasteiger partial charge in [0.05, 0.1) is 30.5 Å². The van der Waals surface area contributed by atoms with Gasteiger partial charge in [0.2, 0.25) is 5.88 Å². The largest absolute Gasteiger partial charge is 0.476 e. The Labute approximate surface area is 126 Å². The Balaban J connectivity index is 2.03. The summed E-state index contributed by atoms with van der Waals surface area (Å²) in [7, 11) is 0. The molecule has 3 atom stereocenters. The van der Waals surface area contributed by atoms with Crippen LogP contribution in [0.5, 0.6) is 5.88 Å². The molecule has 0 radical (unpaired) electrons. The van der Waals surface area contributed by atoms with Gasteiger partial charge in [-0.1, -0.05) is 0 Å². The van der Waals surface area contributed by atoms with Gasteiger partial charge in [-0.2, -0.15) is 4.98 Å². The van der Waals surface area contributed by atoms with Crippen LogP contribution in [0, 0.1) is 0 Å². The Hall–Kier alpha value is -1.44. The number of ether oxygens (including phenoxy) is 2. The highest BCUT2D eigenvalue weighted by Crippen LogP contribution is 2.43. The third kappa shape index (κ3) is 2.45. The molecule has 0 bridgehead atoms. The minimum absolute atomic E-state index is 0.0649. The van der Waals surface area contributed by atoms with Crippen LogP contribution in [0.2, 0.25) is 0 Å². The lowest BCUT2D eigenvalue weighted by atomic mass is 10.1. The van der Waals surface area contributed by atoms with E-state index in [0.29, 0.717) is 30.1 Å². The molecule has 1 saturated heterocycles. The van der Waals surface area contributed by atoms with Crippen molar-refractivity contribution < 1.29 is 14.6 Å². The number of aliphatic hydroxyl groups excluding tert-OH is 1. The lowest BCUT2D eigenvalue weighted by Crippen LogP contribution is -2.26. The van der Waals surface area contributed by atoms with Crippen molar-refractivity contribution in [2.75, 3.05) is 13.2 Å². The van der Waals surface area contributed by atoms with E-state index in [2.05, 4.69) is 15.0 Å². The number of hydrogen-bond acceptors (Lipinski definition) is 6. The molecule has 7 nitrogen and oxygen atoms in total. The van der Waals surface area contributed by atoms with Crippen molar-refractivity contribution in [2.45, 2.75) is 37.5 Å². The van der Waals surface area contributed by atoms with E-state index in [1.807, 2.05) is 13.8 Å². The quantitative estimate of drug-likeness (QED) is 0.862. The Morgan fingerprint density at radius 3 is 3.00 bits per heavy atom. The third-order valence-electron chi connectivity index (χ3n) is 3.53. The van der Waals surface area contributed by atoms with Crippen molar-refractivity contribution in [1.29, 1.82) is 0 Å². The van der Waals surface area contributed by atoms with Crippen LogP contribution in [0.4, 0.5) is 0 Å². The molecule has 0 saturated carbocycles. The maximum atomic E-state index is 9.29. The summed E-state index contributed by atoms with van der Waals surface area (Å²) < 4.78 is 13.0. The number of nitrogens with zero attached hydrogens (tertiary/aromatic N) is 4. The molecule has 3 unspecified atom stereocenters. The Bertz CT molecular complexity index is 645. The normalized spacial score (nSPS) is 29.1. The van der Waals surface area contributed by atoms with Crippen molar-refractivity contribution in [3.05, 3.63) is 12.7 Å². The second-order valence-electron chi connectivity index (χ2n) is 5.21. The van der Waals surface area contributed by atoms with Crippen molar-refractivity contribution in [2.24, 2.45) is 0 Å². The fraction of sp³-hybridized carbons (Fsp3) is 0.615. The average molecular weight is 313 g/mol. The first kappa shape index (κ1) is 14.5. The number of aromatic nitrogens is 4. The van der Waals surface area contributed by atoms with Crippen molar-refractivity contribution in [3.63, 3.8) is 0 Å². The Kier molecular flexibility index (Phi) is 3.73. The van der Waals surface area contributed by atoms with Gasteiger partial charge in [0, 0.05) is 0 Å². The molecule has 0 aromatic carbocycles. The second-order valence-corrected chi connectivity index (χ2v) is 6.07. The molecular formula is C13H17ClN4O3. The van der Waals surface area contributed by atoms with E-state index in [-0.39, 0.29) is 12.7 Å². The summed E-state index contributed by atoms with van der Waals surface area (Å²) in [6.07, 6.45) is 2.86. The number of rotatable bonds is 4. The predicted molar refractivity (Wildman–Crippen MR) is 76.4 cm³/mol. The van der Waals surface area contributed by atoms with Gasteiger partial charge in [-0.3, -0.25) is 4.57 Å². The Morgan fingerprint density at radius 2 is 2.33 bits per heavy atom. The first-order chi connectivity index (χ1) is 10.1. The molecule has 114 valence electrons. The van der Waals surface area contributed by atoms with Gasteiger partial charge in [-0.05, 0) is 20.3 Å². The summed E-state index contributed by atoms with van der Waals surface area (Å²) in [5, 5.41) is 9.29. The van der Waals surface area contributed by atoms with Crippen LogP contribution in [0.1, 0.15) is 26.5 Å². The van der Waals surface area contributed by atoms with Gasteiger partial charge in [-0.15, -0.1) is 11.6 Å². The molecule has 21 heavy (non-hydrogen) atoms. The molecule has 1 aliphatic heterocycles. The number of alkyl halides is 1.